The molecule has 8 nitrogen and oxygen atoms in total. The van der Waals surface area contributed by atoms with Gasteiger partial charge in [0, 0.05) is 12.1 Å². The Hall–Kier alpha value is -2.77. The van der Waals surface area contributed by atoms with Crippen LogP contribution in [0.5, 0.6) is 11.5 Å². The average Bonchev–Trinajstić information content (AvgIpc) is 2.97. The second-order valence-corrected chi connectivity index (χ2v) is 5.17. The van der Waals surface area contributed by atoms with E-state index in [9.17, 15) is 24.6 Å². The zero-order valence-corrected chi connectivity index (χ0v) is 10.9. The van der Waals surface area contributed by atoms with Gasteiger partial charge in [0.05, 0.1) is 6.54 Å². The average molecular weight is 291 g/mol. The number of nitrogens with zero attached hydrogens (tertiary/aromatic N) is 1. The molecule has 4 amide bonds. The van der Waals surface area contributed by atoms with Crippen LogP contribution in [0.1, 0.15) is 16.8 Å². The molecular formula is C13H13N3O5. The van der Waals surface area contributed by atoms with Gasteiger partial charge in [-0.1, -0.05) is 0 Å². The van der Waals surface area contributed by atoms with E-state index in [1.54, 1.807) is 0 Å². The van der Waals surface area contributed by atoms with Gasteiger partial charge in [-0.2, -0.15) is 0 Å². The Morgan fingerprint density at radius 1 is 1.24 bits per heavy atom. The lowest BCUT2D eigenvalue weighted by atomic mass is 9.99. The predicted octanol–water partition coefficient (Wildman–Crippen LogP) is -0.478. The first kappa shape index (κ1) is 13.2. The van der Waals surface area contributed by atoms with Crippen molar-refractivity contribution in [2.75, 3.05) is 13.1 Å². The third-order valence-electron chi connectivity index (χ3n) is 3.79. The van der Waals surface area contributed by atoms with E-state index in [0.717, 1.165) is 6.07 Å². The number of carbonyl (C=O) groups is 3. The normalized spacial score (nSPS) is 24.3. The first-order chi connectivity index (χ1) is 9.91. The smallest absolute Gasteiger partial charge is 0.322 e. The number of hydrogen-bond donors (Lipinski definition) is 4. The molecule has 1 aromatic carbocycles. The summed E-state index contributed by atoms with van der Waals surface area (Å²) in [6.07, 6.45) is 0.334. The maximum atomic E-state index is 12.3. The summed E-state index contributed by atoms with van der Waals surface area (Å²) in [6.45, 7) is 0.388. The summed E-state index contributed by atoms with van der Waals surface area (Å²) >= 11 is 0. The third-order valence-corrected chi connectivity index (χ3v) is 3.79. The van der Waals surface area contributed by atoms with Gasteiger partial charge in [-0.05, 0) is 24.6 Å². The van der Waals surface area contributed by atoms with Crippen LogP contribution in [0.2, 0.25) is 0 Å². The SMILES string of the molecule is O=C1NC(=O)C2(CCN(C(=O)c3ccc(O)c(O)c3)C2)N1. The number of phenolic OH excluding ortho intramolecular Hbond substituents is 2. The number of likely N-dealkylation sites (tertiary alicyclic amines) is 1. The van der Waals surface area contributed by atoms with E-state index >= 15 is 0 Å². The molecule has 0 saturated carbocycles. The van der Waals surface area contributed by atoms with E-state index in [0.29, 0.717) is 13.0 Å². The highest BCUT2D eigenvalue weighted by Crippen LogP contribution is 2.29. The van der Waals surface area contributed by atoms with Crippen molar-refractivity contribution < 1.29 is 24.6 Å². The molecular weight excluding hydrogens is 278 g/mol. The van der Waals surface area contributed by atoms with Crippen LogP contribution in [0.25, 0.3) is 0 Å². The number of nitrogens with one attached hydrogen (secondary N) is 2. The Morgan fingerprint density at radius 3 is 2.62 bits per heavy atom. The minimum absolute atomic E-state index is 0.0744. The molecule has 3 rings (SSSR count). The van der Waals surface area contributed by atoms with E-state index in [2.05, 4.69) is 10.6 Å². The number of imide groups is 1. The molecule has 0 radical (unpaired) electrons. The standard InChI is InChI=1S/C13H13N3O5/c17-8-2-1-7(5-9(8)18)10(19)16-4-3-13(6-16)11(20)14-12(21)15-13/h1-2,5,17-18H,3-4,6H2,(H2,14,15,20,21). The zero-order valence-electron chi connectivity index (χ0n) is 10.9. The van der Waals surface area contributed by atoms with Crippen LogP contribution >= 0.6 is 0 Å². The first-order valence-electron chi connectivity index (χ1n) is 6.36. The van der Waals surface area contributed by atoms with Crippen LogP contribution in [-0.2, 0) is 4.79 Å². The number of phenols is 2. The first-order valence-corrected chi connectivity index (χ1v) is 6.36. The quantitative estimate of drug-likeness (QED) is 0.412. The Kier molecular flexibility index (Phi) is 2.75. The number of rotatable bonds is 1. The molecule has 2 heterocycles. The van der Waals surface area contributed by atoms with Crippen LogP contribution in [0.15, 0.2) is 18.2 Å². The van der Waals surface area contributed by atoms with Crippen LogP contribution < -0.4 is 10.6 Å². The molecule has 0 aliphatic carbocycles. The lowest BCUT2D eigenvalue weighted by Gasteiger charge is -2.21. The van der Waals surface area contributed by atoms with Gasteiger partial charge < -0.3 is 20.4 Å². The van der Waals surface area contributed by atoms with Crippen LogP contribution in [-0.4, -0.2) is 51.6 Å². The number of urea groups is 1. The van der Waals surface area contributed by atoms with Gasteiger partial charge >= 0.3 is 6.03 Å². The molecule has 4 N–H and O–H groups in total. The molecule has 2 fully saturated rings. The van der Waals surface area contributed by atoms with Crippen molar-refractivity contribution in [2.45, 2.75) is 12.0 Å². The Bertz CT molecular complexity index is 659. The van der Waals surface area contributed by atoms with E-state index in [1.165, 1.54) is 17.0 Å². The van der Waals surface area contributed by atoms with Crippen molar-refractivity contribution in [3.8, 4) is 11.5 Å². The van der Waals surface area contributed by atoms with E-state index in [-0.39, 0.29) is 29.5 Å². The van der Waals surface area contributed by atoms with Crippen molar-refractivity contribution in [1.29, 1.82) is 0 Å². The summed E-state index contributed by atoms with van der Waals surface area (Å²) in [5, 5.41) is 23.4. The highest BCUT2D eigenvalue weighted by molar-refractivity contribution is 6.08. The number of amides is 4. The fourth-order valence-electron chi connectivity index (χ4n) is 2.64. The van der Waals surface area contributed by atoms with Crippen molar-refractivity contribution in [3.05, 3.63) is 23.8 Å². The Labute approximate surface area is 119 Å². The molecule has 2 aliphatic rings. The van der Waals surface area contributed by atoms with Crippen LogP contribution in [0.4, 0.5) is 4.79 Å². The summed E-state index contributed by atoms with van der Waals surface area (Å²) in [6, 6.07) is 3.21. The van der Waals surface area contributed by atoms with Gasteiger partial charge in [0.25, 0.3) is 11.8 Å². The Balaban J connectivity index is 1.80. The maximum absolute atomic E-state index is 12.3. The van der Waals surface area contributed by atoms with Crippen molar-refractivity contribution in [2.24, 2.45) is 0 Å². The van der Waals surface area contributed by atoms with E-state index in [1.807, 2.05) is 0 Å². The monoisotopic (exact) mass is 291 g/mol. The summed E-state index contributed by atoms with van der Waals surface area (Å²) < 4.78 is 0. The predicted molar refractivity (Wildman–Crippen MR) is 69.7 cm³/mol. The summed E-state index contributed by atoms with van der Waals surface area (Å²) in [5.74, 6) is -1.51. The summed E-state index contributed by atoms with van der Waals surface area (Å²) in [5.41, 5.74) is -0.863. The molecule has 1 atom stereocenters. The molecule has 0 bridgehead atoms. The maximum Gasteiger partial charge on any atom is 0.322 e. The van der Waals surface area contributed by atoms with Gasteiger partial charge in [-0.25, -0.2) is 4.79 Å². The second-order valence-electron chi connectivity index (χ2n) is 5.17. The molecule has 1 aromatic rings. The van der Waals surface area contributed by atoms with Crippen LogP contribution in [0.3, 0.4) is 0 Å². The van der Waals surface area contributed by atoms with Gasteiger partial charge in [0.2, 0.25) is 0 Å². The fourth-order valence-corrected chi connectivity index (χ4v) is 2.64. The van der Waals surface area contributed by atoms with Crippen molar-refractivity contribution >= 4 is 17.8 Å². The number of hydrogen-bond acceptors (Lipinski definition) is 5. The zero-order chi connectivity index (χ0) is 15.2. The van der Waals surface area contributed by atoms with Gasteiger partial charge in [-0.15, -0.1) is 0 Å². The molecule has 2 aliphatic heterocycles. The summed E-state index contributed by atoms with van der Waals surface area (Å²) in [7, 11) is 0. The highest BCUT2D eigenvalue weighted by Gasteiger charge is 2.51. The molecule has 0 aromatic heterocycles. The lowest BCUT2D eigenvalue weighted by molar-refractivity contribution is -0.123. The number of benzene rings is 1. The molecule has 21 heavy (non-hydrogen) atoms. The Morgan fingerprint density at radius 2 is 2.00 bits per heavy atom. The minimum Gasteiger partial charge on any atom is -0.504 e. The van der Waals surface area contributed by atoms with Gasteiger partial charge in [0.1, 0.15) is 5.54 Å². The van der Waals surface area contributed by atoms with Crippen molar-refractivity contribution in [1.82, 2.24) is 15.5 Å². The van der Waals surface area contributed by atoms with E-state index < -0.39 is 17.5 Å². The second kappa shape index (κ2) is 4.37. The van der Waals surface area contributed by atoms with Gasteiger partial charge in [-0.3, -0.25) is 14.9 Å². The highest BCUT2D eigenvalue weighted by atomic mass is 16.3. The third kappa shape index (κ3) is 2.04. The molecule has 110 valence electrons. The number of aromatic hydroxyl groups is 2. The lowest BCUT2D eigenvalue weighted by Crippen LogP contribution is -2.49. The number of carbonyl (C=O) groups excluding carboxylic acids is 3. The fraction of sp³-hybridized carbons (Fsp3) is 0.308. The van der Waals surface area contributed by atoms with Gasteiger partial charge in [0.15, 0.2) is 11.5 Å². The molecule has 8 heteroatoms. The van der Waals surface area contributed by atoms with Crippen molar-refractivity contribution in [3.63, 3.8) is 0 Å². The van der Waals surface area contributed by atoms with E-state index in [4.69, 9.17) is 0 Å². The summed E-state index contributed by atoms with van der Waals surface area (Å²) in [4.78, 5) is 36.8. The van der Waals surface area contributed by atoms with Crippen LogP contribution in [0, 0.1) is 0 Å². The molecule has 2 saturated heterocycles. The minimum atomic E-state index is -1.06. The molecule has 1 unspecified atom stereocenters. The molecule has 1 spiro atoms. The topological polar surface area (TPSA) is 119 Å². The largest absolute Gasteiger partial charge is 0.504 e.